The molecule has 1 aliphatic rings. The summed E-state index contributed by atoms with van der Waals surface area (Å²) in [5.74, 6) is 0.313. The Kier molecular flexibility index (Phi) is 4.96. The first kappa shape index (κ1) is 16.3. The van der Waals surface area contributed by atoms with Gasteiger partial charge in [0.1, 0.15) is 6.10 Å². The third-order valence-electron chi connectivity index (χ3n) is 3.82. The maximum atomic E-state index is 12.3. The number of rotatable bonds is 5. The molecule has 1 aromatic carbocycles. The highest BCUT2D eigenvalue weighted by Gasteiger charge is 2.17. The lowest BCUT2D eigenvalue weighted by Crippen LogP contribution is -2.17. The van der Waals surface area contributed by atoms with Crippen molar-refractivity contribution in [3.63, 3.8) is 0 Å². The van der Waals surface area contributed by atoms with Gasteiger partial charge < -0.3 is 19.7 Å². The molecule has 0 radical (unpaired) electrons. The van der Waals surface area contributed by atoms with Crippen molar-refractivity contribution in [1.29, 1.82) is 0 Å². The molecule has 0 aliphatic carbocycles. The Morgan fingerprint density at radius 2 is 2.04 bits per heavy atom. The van der Waals surface area contributed by atoms with Crippen molar-refractivity contribution < 1.29 is 14.3 Å². The summed E-state index contributed by atoms with van der Waals surface area (Å²) in [6, 6.07) is 11.1. The van der Waals surface area contributed by atoms with Crippen LogP contribution in [-0.4, -0.2) is 44.3 Å². The number of anilines is 2. The van der Waals surface area contributed by atoms with Gasteiger partial charge in [-0.15, -0.1) is 0 Å². The summed E-state index contributed by atoms with van der Waals surface area (Å²) in [5.41, 5.74) is 2.31. The number of nitrogens with one attached hydrogen (secondary N) is 1. The Morgan fingerprint density at radius 1 is 1.25 bits per heavy atom. The molecule has 0 spiro atoms. The second-order valence-corrected chi connectivity index (χ2v) is 5.88. The van der Waals surface area contributed by atoms with Crippen molar-refractivity contribution in [2.75, 3.05) is 37.5 Å². The van der Waals surface area contributed by atoms with Crippen LogP contribution in [0, 0.1) is 0 Å². The Balaban J connectivity index is 1.60. The quantitative estimate of drug-likeness (QED) is 0.914. The van der Waals surface area contributed by atoms with Gasteiger partial charge in [0.25, 0.3) is 5.91 Å². The van der Waals surface area contributed by atoms with Gasteiger partial charge in [-0.05, 0) is 30.3 Å². The third kappa shape index (κ3) is 4.02. The molecule has 1 amide bonds. The molecular formula is C18H21N3O3. The molecule has 2 aromatic rings. The van der Waals surface area contributed by atoms with Crippen LogP contribution in [0.1, 0.15) is 16.8 Å². The van der Waals surface area contributed by atoms with Gasteiger partial charge in [-0.25, -0.2) is 4.98 Å². The summed E-state index contributed by atoms with van der Waals surface area (Å²) in [4.78, 5) is 18.5. The van der Waals surface area contributed by atoms with Gasteiger partial charge in [0.15, 0.2) is 0 Å². The Bertz CT molecular complexity index is 678. The number of benzene rings is 1. The van der Waals surface area contributed by atoms with E-state index in [1.54, 1.807) is 12.1 Å². The summed E-state index contributed by atoms with van der Waals surface area (Å²) in [6.45, 7) is 1.31. The van der Waals surface area contributed by atoms with Crippen LogP contribution in [0.25, 0.3) is 0 Å². The summed E-state index contributed by atoms with van der Waals surface area (Å²) in [5, 5.41) is 2.86. The first-order chi connectivity index (χ1) is 11.6. The van der Waals surface area contributed by atoms with Crippen LogP contribution >= 0.6 is 0 Å². The standard InChI is InChI=1S/C18H21N3O3/c1-21(2)15-6-4-14(5-7-15)20-18(22)13-3-8-17(19-11-13)24-16-9-10-23-12-16/h3-8,11,16H,9-10,12H2,1-2H3,(H,20,22). The second-order valence-electron chi connectivity index (χ2n) is 5.88. The maximum Gasteiger partial charge on any atom is 0.257 e. The van der Waals surface area contributed by atoms with E-state index in [9.17, 15) is 4.79 Å². The van der Waals surface area contributed by atoms with Gasteiger partial charge in [-0.3, -0.25) is 4.79 Å². The van der Waals surface area contributed by atoms with Crippen molar-refractivity contribution in [2.45, 2.75) is 12.5 Å². The molecule has 1 aliphatic heterocycles. The van der Waals surface area contributed by atoms with Crippen molar-refractivity contribution in [2.24, 2.45) is 0 Å². The molecule has 24 heavy (non-hydrogen) atoms. The zero-order valence-electron chi connectivity index (χ0n) is 13.9. The lowest BCUT2D eigenvalue weighted by atomic mass is 10.2. The van der Waals surface area contributed by atoms with Gasteiger partial charge in [0, 0.05) is 44.2 Å². The lowest BCUT2D eigenvalue weighted by Gasteiger charge is -2.13. The summed E-state index contributed by atoms with van der Waals surface area (Å²) in [6.07, 6.45) is 2.44. The van der Waals surface area contributed by atoms with E-state index in [1.807, 2.05) is 43.3 Å². The van der Waals surface area contributed by atoms with Crippen LogP contribution in [0.4, 0.5) is 11.4 Å². The van der Waals surface area contributed by atoms with Crippen LogP contribution in [0.3, 0.4) is 0 Å². The minimum atomic E-state index is -0.198. The first-order valence-corrected chi connectivity index (χ1v) is 7.91. The molecule has 2 heterocycles. The van der Waals surface area contributed by atoms with Gasteiger partial charge in [0.05, 0.1) is 18.8 Å². The number of carbonyl (C=O) groups is 1. The van der Waals surface area contributed by atoms with Crippen LogP contribution < -0.4 is 15.0 Å². The van der Waals surface area contributed by atoms with Crippen LogP contribution in [0.15, 0.2) is 42.6 Å². The SMILES string of the molecule is CN(C)c1ccc(NC(=O)c2ccc(OC3CCOC3)nc2)cc1. The smallest absolute Gasteiger partial charge is 0.257 e. The lowest BCUT2D eigenvalue weighted by molar-refractivity contribution is 0.102. The second kappa shape index (κ2) is 7.31. The summed E-state index contributed by atoms with van der Waals surface area (Å²) >= 11 is 0. The zero-order valence-corrected chi connectivity index (χ0v) is 13.9. The van der Waals surface area contributed by atoms with E-state index in [-0.39, 0.29) is 12.0 Å². The fourth-order valence-electron chi connectivity index (χ4n) is 2.41. The molecule has 1 unspecified atom stereocenters. The van der Waals surface area contributed by atoms with E-state index in [1.165, 1.54) is 6.20 Å². The van der Waals surface area contributed by atoms with Crippen molar-refractivity contribution in [1.82, 2.24) is 4.98 Å². The van der Waals surface area contributed by atoms with E-state index in [0.717, 1.165) is 24.4 Å². The number of amides is 1. The predicted octanol–water partition coefficient (Wildman–Crippen LogP) is 2.57. The number of pyridine rings is 1. The predicted molar refractivity (Wildman–Crippen MR) is 92.8 cm³/mol. The number of hydrogen-bond donors (Lipinski definition) is 1. The van der Waals surface area contributed by atoms with Crippen molar-refractivity contribution in [3.05, 3.63) is 48.2 Å². The fourth-order valence-corrected chi connectivity index (χ4v) is 2.41. The number of hydrogen-bond acceptors (Lipinski definition) is 5. The summed E-state index contributed by atoms with van der Waals surface area (Å²) in [7, 11) is 3.95. The van der Waals surface area contributed by atoms with Crippen LogP contribution in [0.5, 0.6) is 5.88 Å². The van der Waals surface area contributed by atoms with Crippen molar-refractivity contribution in [3.8, 4) is 5.88 Å². The third-order valence-corrected chi connectivity index (χ3v) is 3.82. The molecular weight excluding hydrogens is 306 g/mol. The van der Waals surface area contributed by atoms with Gasteiger partial charge in [-0.1, -0.05) is 0 Å². The molecule has 126 valence electrons. The van der Waals surface area contributed by atoms with Gasteiger partial charge in [-0.2, -0.15) is 0 Å². The number of nitrogens with zero attached hydrogens (tertiary/aromatic N) is 2. The molecule has 1 atom stereocenters. The highest BCUT2D eigenvalue weighted by molar-refractivity contribution is 6.04. The summed E-state index contributed by atoms with van der Waals surface area (Å²) < 4.78 is 11.0. The van der Waals surface area contributed by atoms with Crippen LogP contribution in [0.2, 0.25) is 0 Å². The highest BCUT2D eigenvalue weighted by atomic mass is 16.5. The first-order valence-electron chi connectivity index (χ1n) is 7.91. The topological polar surface area (TPSA) is 63.7 Å². The average molecular weight is 327 g/mol. The Morgan fingerprint density at radius 3 is 2.62 bits per heavy atom. The Hall–Kier alpha value is -2.60. The van der Waals surface area contributed by atoms with Crippen molar-refractivity contribution >= 4 is 17.3 Å². The van der Waals surface area contributed by atoms with Crippen LogP contribution in [-0.2, 0) is 4.74 Å². The molecule has 1 saturated heterocycles. The Labute approximate surface area is 141 Å². The number of carbonyl (C=O) groups excluding carboxylic acids is 1. The average Bonchev–Trinajstić information content (AvgIpc) is 3.09. The molecule has 3 rings (SSSR count). The molecule has 0 bridgehead atoms. The molecule has 6 nitrogen and oxygen atoms in total. The monoisotopic (exact) mass is 327 g/mol. The highest BCUT2D eigenvalue weighted by Crippen LogP contribution is 2.18. The minimum Gasteiger partial charge on any atom is -0.472 e. The van der Waals surface area contributed by atoms with E-state index in [4.69, 9.17) is 9.47 Å². The fraction of sp³-hybridized carbons (Fsp3) is 0.333. The molecule has 1 aromatic heterocycles. The zero-order chi connectivity index (χ0) is 16.9. The van der Waals surface area contributed by atoms with Gasteiger partial charge >= 0.3 is 0 Å². The molecule has 0 saturated carbocycles. The number of ether oxygens (including phenoxy) is 2. The molecule has 1 fully saturated rings. The van der Waals surface area contributed by atoms with Gasteiger partial charge in [0.2, 0.25) is 5.88 Å². The van der Waals surface area contributed by atoms with E-state index < -0.39 is 0 Å². The molecule has 6 heteroatoms. The van der Waals surface area contributed by atoms with E-state index in [2.05, 4.69) is 10.3 Å². The normalized spacial score (nSPS) is 16.7. The van der Waals surface area contributed by atoms with E-state index >= 15 is 0 Å². The molecule has 1 N–H and O–H groups in total. The maximum absolute atomic E-state index is 12.3. The number of aromatic nitrogens is 1. The van der Waals surface area contributed by atoms with E-state index in [0.29, 0.717) is 18.1 Å². The minimum absolute atomic E-state index is 0.0485. The largest absolute Gasteiger partial charge is 0.472 e.